The van der Waals surface area contributed by atoms with E-state index in [0.29, 0.717) is 18.4 Å². The molecule has 1 aliphatic carbocycles. The van der Waals surface area contributed by atoms with Gasteiger partial charge in [-0.3, -0.25) is 4.79 Å². The van der Waals surface area contributed by atoms with E-state index in [9.17, 15) is 14.7 Å². The third kappa shape index (κ3) is 1.42. The highest BCUT2D eigenvalue weighted by Crippen LogP contribution is 2.44. The SMILES string of the molecule is O=C(O)C1(c2ccc3sc(=O)oc3c2)CCC1. The fourth-order valence-electron chi connectivity index (χ4n) is 2.33. The maximum absolute atomic E-state index is 11.4. The molecule has 0 amide bonds. The second-order valence-corrected chi connectivity index (χ2v) is 5.33. The van der Waals surface area contributed by atoms with Crippen LogP contribution in [-0.4, -0.2) is 11.1 Å². The summed E-state index contributed by atoms with van der Waals surface area (Å²) < 4.78 is 5.78. The highest BCUT2D eigenvalue weighted by Gasteiger charge is 2.46. The van der Waals surface area contributed by atoms with Crippen LogP contribution in [0.2, 0.25) is 0 Å². The molecule has 3 rings (SSSR count). The zero-order valence-electron chi connectivity index (χ0n) is 8.93. The molecular weight excluding hydrogens is 240 g/mol. The monoisotopic (exact) mass is 250 g/mol. The first-order valence-corrected chi connectivity index (χ1v) is 6.21. The highest BCUT2D eigenvalue weighted by molar-refractivity contribution is 7.16. The minimum absolute atomic E-state index is 0.352. The summed E-state index contributed by atoms with van der Waals surface area (Å²) in [5.74, 6) is -0.791. The van der Waals surface area contributed by atoms with Gasteiger partial charge in [0.15, 0.2) is 0 Å². The molecule has 17 heavy (non-hydrogen) atoms. The van der Waals surface area contributed by atoms with Gasteiger partial charge in [0, 0.05) is 0 Å². The molecule has 0 bridgehead atoms. The lowest BCUT2D eigenvalue weighted by Gasteiger charge is -2.37. The molecule has 0 unspecified atom stereocenters. The Morgan fingerprint density at radius 1 is 1.41 bits per heavy atom. The largest absolute Gasteiger partial charge is 0.481 e. The number of carboxylic acid groups (broad SMARTS) is 1. The molecule has 1 aromatic carbocycles. The Kier molecular flexibility index (Phi) is 2.13. The van der Waals surface area contributed by atoms with Gasteiger partial charge >= 0.3 is 10.9 Å². The van der Waals surface area contributed by atoms with Crippen LogP contribution in [0, 0.1) is 0 Å². The predicted molar refractivity (Wildman–Crippen MR) is 63.5 cm³/mol. The third-order valence-corrected chi connectivity index (χ3v) is 4.31. The fraction of sp³-hybridized carbons (Fsp3) is 0.333. The Morgan fingerprint density at radius 3 is 2.76 bits per heavy atom. The standard InChI is InChI=1S/C12H10O4S/c13-10(14)12(4-1-5-12)7-2-3-9-8(6-7)16-11(15)17-9/h2-3,6H,1,4-5H2,(H,13,14). The summed E-state index contributed by atoms with van der Waals surface area (Å²) in [6, 6.07) is 5.25. The van der Waals surface area contributed by atoms with E-state index >= 15 is 0 Å². The van der Waals surface area contributed by atoms with E-state index in [4.69, 9.17) is 4.42 Å². The van der Waals surface area contributed by atoms with E-state index in [2.05, 4.69) is 0 Å². The second kappa shape index (κ2) is 3.43. The van der Waals surface area contributed by atoms with Crippen molar-refractivity contribution in [3.8, 4) is 0 Å². The average molecular weight is 250 g/mol. The van der Waals surface area contributed by atoms with Crippen LogP contribution in [0.1, 0.15) is 24.8 Å². The molecule has 0 aliphatic heterocycles. The lowest BCUT2D eigenvalue weighted by Crippen LogP contribution is -2.42. The Labute approximate surface area is 100 Å². The smallest absolute Gasteiger partial charge is 0.396 e. The third-order valence-electron chi connectivity index (χ3n) is 3.50. The van der Waals surface area contributed by atoms with Gasteiger partial charge in [-0.05, 0) is 30.5 Å². The summed E-state index contributed by atoms with van der Waals surface area (Å²) in [6.45, 7) is 0. The minimum Gasteiger partial charge on any atom is -0.481 e. The Bertz CT molecular complexity index is 648. The predicted octanol–water partition coefficient (Wildman–Crippen LogP) is 2.36. The Balaban J connectivity index is 2.17. The molecule has 0 atom stereocenters. The van der Waals surface area contributed by atoms with E-state index in [-0.39, 0.29) is 4.94 Å². The number of carboxylic acids is 1. The molecule has 1 aliphatic rings. The van der Waals surface area contributed by atoms with E-state index < -0.39 is 11.4 Å². The van der Waals surface area contributed by atoms with E-state index in [1.54, 1.807) is 18.2 Å². The first kappa shape index (κ1) is 10.5. The van der Waals surface area contributed by atoms with Crippen molar-refractivity contribution in [3.63, 3.8) is 0 Å². The molecular formula is C12H10O4S. The fourth-order valence-corrected chi connectivity index (χ4v) is 2.97. The van der Waals surface area contributed by atoms with Crippen molar-refractivity contribution in [1.82, 2.24) is 0 Å². The Hall–Kier alpha value is -1.62. The van der Waals surface area contributed by atoms with E-state index in [1.807, 2.05) is 0 Å². The van der Waals surface area contributed by atoms with Gasteiger partial charge in [0.1, 0.15) is 5.58 Å². The number of fused-ring (bicyclic) bond motifs is 1. The van der Waals surface area contributed by atoms with Crippen molar-refractivity contribution in [2.75, 3.05) is 0 Å². The maximum atomic E-state index is 11.4. The summed E-state index contributed by atoms with van der Waals surface area (Å²) in [5, 5.41) is 9.32. The number of hydrogen-bond donors (Lipinski definition) is 1. The van der Waals surface area contributed by atoms with Crippen molar-refractivity contribution in [3.05, 3.63) is 33.5 Å². The lowest BCUT2D eigenvalue weighted by atomic mass is 9.64. The van der Waals surface area contributed by atoms with Crippen molar-refractivity contribution >= 4 is 27.6 Å². The van der Waals surface area contributed by atoms with Crippen molar-refractivity contribution in [2.45, 2.75) is 24.7 Å². The van der Waals surface area contributed by atoms with Gasteiger partial charge in [0.05, 0.1) is 10.1 Å². The molecule has 5 heteroatoms. The molecule has 2 aromatic rings. The van der Waals surface area contributed by atoms with Gasteiger partial charge < -0.3 is 9.52 Å². The van der Waals surface area contributed by atoms with Crippen LogP contribution < -0.4 is 4.94 Å². The van der Waals surface area contributed by atoms with Gasteiger partial charge in [-0.25, -0.2) is 4.79 Å². The van der Waals surface area contributed by atoms with Gasteiger partial charge in [-0.15, -0.1) is 0 Å². The Morgan fingerprint density at radius 2 is 2.18 bits per heavy atom. The number of aliphatic carboxylic acids is 1. The quantitative estimate of drug-likeness (QED) is 0.888. The lowest BCUT2D eigenvalue weighted by molar-refractivity contribution is -0.147. The molecule has 0 radical (unpaired) electrons. The van der Waals surface area contributed by atoms with Crippen molar-refractivity contribution < 1.29 is 14.3 Å². The summed E-state index contributed by atoms with van der Waals surface area (Å²) in [6.07, 6.45) is 2.24. The molecule has 0 spiro atoms. The molecule has 1 heterocycles. The minimum atomic E-state index is -0.791. The van der Waals surface area contributed by atoms with Crippen LogP contribution in [0.4, 0.5) is 0 Å². The molecule has 0 saturated heterocycles. The van der Waals surface area contributed by atoms with E-state index in [1.165, 1.54) is 0 Å². The average Bonchev–Trinajstić information content (AvgIpc) is 2.54. The van der Waals surface area contributed by atoms with Crippen LogP contribution in [-0.2, 0) is 10.2 Å². The topological polar surface area (TPSA) is 67.5 Å². The van der Waals surface area contributed by atoms with Crippen LogP contribution in [0.15, 0.2) is 27.4 Å². The van der Waals surface area contributed by atoms with E-state index in [0.717, 1.165) is 28.0 Å². The zero-order valence-corrected chi connectivity index (χ0v) is 9.75. The van der Waals surface area contributed by atoms with Crippen LogP contribution in [0.25, 0.3) is 10.3 Å². The summed E-state index contributed by atoms with van der Waals surface area (Å²) in [5.41, 5.74) is 0.463. The normalized spacial score (nSPS) is 17.9. The molecule has 1 aromatic heterocycles. The number of rotatable bonds is 2. The number of carbonyl (C=O) groups is 1. The highest BCUT2D eigenvalue weighted by atomic mass is 32.1. The summed E-state index contributed by atoms with van der Waals surface area (Å²) in [7, 11) is 0. The van der Waals surface area contributed by atoms with Crippen LogP contribution in [0.5, 0.6) is 0 Å². The van der Waals surface area contributed by atoms with Gasteiger partial charge in [-0.1, -0.05) is 23.8 Å². The van der Waals surface area contributed by atoms with Gasteiger partial charge in [0.2, 0.25) is 0 Å². The number of benzene rings is 1. The van der Waals surface area contributed by atoms with Gasteiger partial charge in [0.25, 0.3) is 0 Å². The summed E-state index contributed by atoms with van der Waals surface area (Å²) >= 11 is 1.04. The molecule has 1 fully saturated rings. The molecule has 4 nitrogen and oxygen atoms in total. The zero-order chi connectivity index (χ0) is 12.0. The van der Waals surface area contributed by atoms with Crippen LogP contribution >= 0.6 is 11.3 Å². The first-order valence-electron chi connectivity index (χ1n) is 5.39. The molecule has 88 valence electrons. The van der Waals surface area contributed by atoms with Crippen molar-refractivity contribution in [1.29, 1.82) is 0 Å². The van der Waals surface area contributed by atoms with Crippen molar-refractivity contribution in [2.24, 2.45) is 0 Å². The summed E-state index contributed by atoms with van der Waals surface area (Å²) in [4.78, 5) is 22.1. The molecule has 1 saturated carbocycles. The second-order valence-electron chi connectivity index (χ2n) is 4.36. The van der Waals surface area contributed by atoms with Gasteiger partial charge in [-0.2, -0.15) is 0 Å². The maximum Gasteiger partial charge on any atom is 0.396 e. The first-order chi connectivity index (χ1) is 8.12. The van der Waals surface area contributed by atoms with Crippen LogP contribution in [0.3, 0.4) is 0 Å². The molecule has 1 N–H and O–H groups in total. The number of hydrogen-bond acceptors (Lipinski definition) is 4.